The lowest BCUT2D eigenvalue weighted by Gasteiger charge is -2.32. The highest BCUT2D eigenvalue weighted by Gasteiger charge is 2.36. The van der Waals surface area contributed by atoms with Gasteiger partial charge in [-0.15, -0.1) is 5.48 Å². The van der Waals surface area contributed by atoms with Gasteiger partial charge in [-0.2, -0.15) is 0 Å². The second-order valence-electron chi connectivity index (χ2n) is 8.17. The maximum atomic E-state index is 12.5. The Hall–Kier alpha value is -2.33. The number of rotatable bonds is 6. The second kappa shape index (κ2) is 8.90. The molecule has 11 heteroatoms. The average Bonchev–Trinajstić information content (AvgIpc) is 3.41. The Morgan fingerprint density at radius 3 is 2.53 bits per heavy atom. The van der Waals surface area contributed by atoms with E-state index in [1.165, 1.54) is 0 Å². The van der Waals surface area contributed by atoms with Crippen LogP contribution in [-0.4, -0.2) is 47.4 Å². The Labute approximate surface area is 194 Å². The molecule has 0 spiro atoms. The van der Waals surface area contributed by atoms with Gasteiger partial charge in [0, 0.05) is 30.1 Å². The fourth-order valence-corrected chi connectivity index (χ4v) is 4.65. The van der Waals surface area contributed by atoms with Gasteiger partial charge >= 0.3 is 6.09 Å². The largest absolute Gasteiger partial charge is 0.427 e. The molecule has 2 N–H and O–H groups in total. The van der Waals surface area contributed by atoms with Gasteiger partial charge in [0.25, 0.3) is 5.91 Å². The average molecular weight is 481 g/mol. The molecule has 1 saturated carbocycles. The lowest BCUT2D eigenvalue weighted by atomic mass is 10.0. The molecule has 0 radical (unpaired) electrons. The summed E-state index contributed by atoms with van der Waals surface area (Å²) in [5.74, 6) is 0.971. The molecule has 1 atom stereocenters. The van der Waals surface area contributed by atoms with Crippen molar-refractivity contribution in [3.63, 3.8) is 0 Å². The number of hydrogen-bond acceptors (Lipinski definition) is 7. The van der Waals surface area contributed by atoms with E-state index in [9.17, 15) is 9.59 Å². The predicted octanol–water partition coefficient (Wildman–Crippen LogP) is 3.60. The molecular weight excluding hydrogens is 459 g/mol. The third kappa shape index (κ3) is 4.30. The molecule has 2 amide bonds. The van der Waals surface area contributed by atoms with E-state index in [1.54, 1.807) is 23.1 Å². The minimum Gasteiger partial charge on any atom is -0.373 e. The van der Waals surface area contributed by atoms with Crippen molar-refractivity contribution >= 4 is 35.2 Å². The van der Waals surface area contributed by atoms with Crippen molar-refractivity contribution in [1.82, 2.24) is 20.9 Å². The molecule has 9 nitrogen and oxygen atoms in total. The van der Waals surface area contributed by atoms with Crippen molar-refractivity contribution in [1.29, 1.82) is 0 Å². The summed E-state index contributed by atoms with van der Waals surface area (Å²) in [4.78, 5) is 29.9. The van der Waals surface area contributed by atoms with Crippen LogP contribution in [0.1, 0.15) is 42.9 Å². The van der Waals surface area contributed by atoms with Crippen LogP contribution in [0.4, 0.5) is 4.79 Å². The minimum absolute atomic E-state index is 0.0158. The monoisotopic (exact) mass is 480 g/mol. The second-order valence-corrected chi connectivity index (χ2v) is 8.98. The number of nitrogens with zero attached hydrogens (tertiary/aromatic N) is 2. The zero-order valence-corrected chi connectivity index (χ0v) is 18.6. The van der Waals surface area contributed by atoms with Crippen molar-refractivity contribution < 1.29 is 23.7 Å². The van der Waals surface area contributed by atoms with Gasteiger partial charge in [0.05, 0.1) is 22.8 Å². The third-order valence-electron chi connectivity index (χ3n) is 5.96. The number of aromatic nitrogens is 1. The SMILES string of the molecule is O=C1NC(C(=O)N2CCC(OCc3c(-c4c(Cl)cccc4Cl)noc3C3CC3)CC2)NO1. The molecule has 5 rings (SSSR count). The van der Waals surface area contributed by atoms with Gasteiger partial charge in [-0.05, 0) is 37.8 Å². The summed E-state index contributed by atoms with van der Waals surface area (Å²) >= 11 is 12.8. The summed E-state index contributed by atoms with van der Waals surface area (Å²) in [6.07, 6.45) is 1.97. The molecule has 1 aromatic heterocycles. The van der Waals surface area contributed by atoms with Gasteiger partial charge in [-0.25, -0.2) is 4.79 Å². The first-order valence-electron chi connectivity index (χ1n) is 10.6. The molecule has 170 valence electrons. The van der Waals surface area contributed by atoms with E-state index >= 15 is 0 Å². The first kappa shape index (κ1) is 21.5. The van der Waals surface area contributed by atoms with Crippen LogP contribution in [0.25, 0.3) is 11.3 Å². The van der Waals surface area contributed by atoms with E-state index in [0.29, 0.717) is 59.8 Å². The molecule has 3 fully saturated rings. The molecule has 32 heavy (non-hydrogen) atoms. The Morgan fingerprint density at radius 2 is 1.91 bits per heavy atom. The number of ether oxygens (including phenoxy) is 1. The van der Waals surface area contributed by atoms with Gasteiger partial charge in [0.1, 0.15) is 11.5 Å². The molecule has 2 saturated heterocycles. The molecule has 1 aromatic carbocycles. The highest BCUT2D eigenvalue weighted by molar-refractivity contribution is 6.39. The van der Waals surface area contributed by atoms with Crippen molar-refractivity contribution in [3.05, 3.63) is 39.6 Å². The number of nitrogens with one attached hydrogen (secondary N) is 2. The smallest absolute Gasteiger partial charge is 0.373 e. The molecular formula is C21H22Cl2N4O5. The number of halogens is 2. The van der Waals surface area contributed by atoms with Crippen LogP contribution < -0.4 is 10.8 Å². The molecule has 3 aliphatic rings. The summed E-state index contributed by atoms with van der Waals surface area (Å²) in [5.41, 5.74) is 4.55. The predicted molar refractivity (Wildman–Crippen MR) is 115 cm³/mol. The van der Waals surface area contributed by atoms with Gasteiger partial charge < -0.3 is 19.0 Å². The van der Waals surface area contributed by atoms with Crippen LogP contribution in [0.3, 0.4) is 0 Å². The fourth-order valence-electron chi connectivity index (χ4n) is 4.08. The molecule has 3 heterocycles. The maximum absolute atomic E-state index is 12.5. The van der Waals surface area contributed by atoms with Crippen molar-refractivity contribution in [2.75, 3.05) is 13.1 Å². The van der Waals surface area contributed by atoms with E-state index in [-0.39, 0.29) is 12.0 Å². The van der Waals surface area contributed by atoms with Crippen LogP contribution in [-0.2, 0) is 21.0 Å². The minimum atomic E-state index is -0.846. The number of amides is 2. The number of benzene rings is 1. The van der Waals surface area contributed by atoms with Crippen LogP contribution in [0, 0.1) is 0 Å². The normalized spacial score (nSPS) is 21.5. The number of hydrogen-bond donors (Lipinski definition) is 2. The summed E-state index contributed by atoms with van der Waals surface area (Å²) in [5, 5.41) is 7.74. The van der Waals surface area contributed by atoms with Crippen molar-refractivity contribution in [2.45, 2.75) is 50.5 Å². The van der Waals surface area contributed by atoms with E-state index in [4.69, 9.17) is 32.5 Å². The zero-order chi connectivity index (χ0) is 22.2. The van der Waals surface area contributed by atoms with Crippen LogP contribution in [0.5, 0.6) is 0 Å². The molecule has 1 aliphatic carbocycles. The van der Waals surface area contributed by atoms with Crippen molar-refractivity contribution in [3.8, 4) is 11.3 Å². The van der Waals surface area contributed by atoms with Gasteiger partial charge in [-0.3, -0.25) is 10.1 Å². The number of carbonyl (C=O) groups is 2. The summed E-state index contributed by atoms with van der Waals surface area (Å²) in [7, 11) is 0. The van der Waals surface area contributed by atoms with Crippen LogP contribution >= 0.6 is 23.2 Å². The topological polar surface area (TPSA) is 106 Å². The number of likely N-dealkylation sites (tertiary alicyclic amines) is 1. The lowest BCUT2D eigenvalue weighted by molar-refractivity contribution is -0.137. The summed E-state index contributed by atoms with van der Waals surface area (Å²) in [6.45, 7) is 1.39. The quantitative estimate of drug-likeness (QED) is 0.650. The van der Waals surface area contributed by atoms with E-state index in [1.807, 2.05) is 0 Å². The molecule has 1 unspecified atom stereocenters. The van der Waals surface area contributed by atoms with E-state index < -0.39 is 12.3 Å². The van der Waals surface area contributed by atoms with Gasteiger partial charge in [0.2, 0.25) is 0 Å². The van der Waals surface area contributed by atoms with Gasteiger partial charge in [0.15, 0.2) is 6.17 Å². The first-order valence-corrected chi connectivity index (χ1v) is 11.3. The van der Waals surface area contributed by atoms with Crippen molar-refractivity contribution in [2.24, 2.45) is 0 Å². The maximum Gasteiger partial charge on any atom is 0.427 e. The van der Waals surface area contributed by atoms with E-state index in [0.717, 1.165) is 24.2 Å². The Balaban J connectivity index is 1.24. The number of carbonyl (C=O) groups excluding carboxylic acids is 2. The highest BCUT2D eigenvalue weighted by Crippen LogP contribution is 2.46. The first-order chi connectivity index (χ1) is 15.5. The molecule has 2 aliphatic heterocycles. The summed E-state index contributed by atoms with van der Waals surface area (Å²) < 4.78 is 11.9. The Bertz CT molecular complexity index is 1010. The Kier molecular flexibility index (Phi) is 5.98. The number of piperidine rings is 1. The lowest BCUT2D eigenvalue weighted by Crippen LogP contribution is -2.52. The number of hydroxylamine groups is 1. The standard InChI is InChI=1S/C21H22Cl2N4O5/c22-14-2-1-3-15(23)16(14)17-13(18(31-25-17)11-4-5-11)10-30-12-6-8-27(9-7-12)20(28)19-24-21(29)32-26-19/h1-3,11-12,19,26H,4-10H2,(H,24,29). The third-order valence-corrected chi connectivity index (χ3v) is 6.59. The highest BCUT2D eigenvalue weighted by atomic mass is 35.5. The summed E-state index contributed by atoms with van der Waals surface area (Å²) in [6, 6.07) is 5.34. The van der Waals surface area contributed by atoms with Crippen LogP contribution in [0.15, 0.2) is 22.7 Å². The zero-order valence-electron chi connectivity index (χ0n) is 17.1. The Morgan fingerprint density at radius 1 is 1.19 bits per heavy atom. The van der Waals surface area contributed by atoms with E-state index in [2.05, 4.69) is 20.8 Å². The van der Waals surface area contributed by atoms with Gasteiger partial charge in [-0.1, -0.05) is 34.4 Å². The fraction of sp³-hybridized carbons (Fsp3) is 0.476. The molecule has 0 bridgehead atoms. The van der Waals surface area contributed by atoms with Crippen LogP contribution in [0.2, 0.25) is 10.0 Å². The molecule has 2 aromatic rings.